The third-order valence-corrected chi connectivity index (χ3v) is 4.47. The summed E-state index contributed by atoms with van der Waals surface area (Å²) < 4.78 is 9.22. The van der Waals surface area contributed by atoms with Gasteiger partial charge in [-0.2, -0.15) is 0 Å². The Balaban J connectivity index is 2.03. The van der Waals surface area contributed by atoms with Gasteiger partial charge in [0.2, 0.25) is 5.96 Å². The summed E-state index contributed by atoms with van der Waals surface area (Å²) in [5.74, 6) is -2.77. The van der Waals surface area contributed by atoms with E-state index in [0.717, 1.165) is 48.5 Å². The van der Waals surface area contributed by atoms with Crippen LogP contribution in [0, 0.1) is 20.2 Å². The van der Waals surface area contributed by atoms with Gasteiger partial charge in [0.25, 0.3) is 11.4 Å². The number of carbonyl (C=O) groups is 4. The van der Waals surface area contributed by atoms with Gasteiger partial charge in [0.1, 0.15) is 0 Å². The molecule has 0 radical (unpaired) electrons. The Hall–Kier alpha value is -5.25. The summed E-state index contributed by atoms with van der Waals surface area (Å²) in [6, 6.07) is 8.54. The Morgan fingerprint density at radius 2 is 1.18 bits per heavy atom. The first-order chi connectivity index (χ1) is 18.0. The number of esters is 2. The van der Waals surface area contributed by atoms with Crippen molar-refractivity contribution in [3.63, 3.8) is 0 Å². The van der Waals surface area contributed by atoms with Gasteiger partial charge in [0, 0.05) is 30.8 Å². The number of amides is 2. The number of ether oxygens (including phenoxy) is 2. The van der Waals surface area contributed by atoms with Gasteiger partial charge in [0.05, 0.1) is 21.0 Å². The largest absolute Gasteiger partial charge is 0.421 e. The van der Waals surface area contributed by atoms with Crippen molar-refractivity contribution in [1.29, 1.82) is 0 Å². The van der Waals surface area contributed by atoms with Crippen molar-refractivity contribution in [2.45, 2.75) is 6.42 Å². The van der Waals surface area contributed by atoms with E-state index in [-0.39, 0.29) is 29.0 Å². The van der Waals surface area contributed by atoms with Crippen molar-refractivity contribution in [2.24, 2.45) is 4.99 Å². The Labute approximate surface area is 214 Å². The molecule has 2 N–H and O–H groups in total. The minimum absolute atomic E-state index is 0.112. The number of non-ortho nitro benzene ring substituents is 2. The number of hydrogen-bond acceptors (Lipinski definition) is 12. The van der Waals surface area contributed by atoms with Crippen molar-refractivity contribution in [1.82, 2.24) is 15.5 Å². The molecule has 38 heavy (non-hydrogen) atoms. The van der Waals surface area contributed by atoms with Crippen LogP contribution in [-0.4, -0.2) is 72.0 Å². The van der Waals surface area contributed by atoms with Crippen molar-refractivity contribution in [3.8, 4) is 0 Å². The van der Waals surface area contributed by atoms with E-state index in [9.17, 15) is 39.4 Å². The summed E-state index contributed by atoms with van der Waals surface area (Å²) in [6.45, 7) is 0.726. The predicted molar refractivity (Wildman–Crippen MR) is 130 cm³/mol. The van der Waals surface area contributed by atoms with Gasteiger partial charge in [-0.25, -0.2) is 19.2 Å². The lowest BCUT2D eigenvalue weighted by atomic mass is 10.2. The monoisotopic (exact) mass is 530 g/mol. The number of nitrogens with zero attached hydrogens (tertiary/aromatic N) is 4. The van der Waals surface area contributed by atoms with Crippen LogP contribution in [0.25, 0.3) is 0 Å². The van der Waals surface area contributed by atoms with Crippen molar-refractivity contribution >= 4 is 41.5 Å². The van der Waals surface area contributed by atoms with E-state index in [2.05, 4.69) is 14.5 Å². The average molecular weight is 530 g/mol. The molecule has 0 aliphatic heterocycles. The molecular weight excluding hydrogens is 508 g/mol. The van der Waals surface area contributed by atoms with E-state index < -0.39 is 39.9 Å². The smallest absolute Gasteiger partial charge is 0.372 e. The van der Waals surface area contributed by atoms with Crippen molar-refractivity contribution in [3.05, 3.63) is 79.9 Å². The highest BCUT2D eigenvalue weighted by Crippen LogP contribution is 2.13. The van der Waals surface area contributed by atoms with Gasteiger partial charge in [-0.3, -0.25) is 35.9 Å². The van der Waals surface area contributed by atoms with E-state index in [4.69, 9.17) is 0 Å². The van der Waals surface area contributed by atoms with Crippen LogP contribution >= 0.6 is 0 Å². The molecule has 2 aromatic carbocycles. The number of nitro groups is 2. The van der Waals surface area contributed by atoms with E-state index in [1.165, 1.54) is 0 Å². The first-order valence-corrected chi connectivity index (χ1v) is 10.7. The van der Waals surface area contributed by atoms with Gasteiger partial charge >= 0.3 is 24.1 Å². The zero-order valence-corrected chi connectivity index (χ0v) is 20.1. The predicted octanol–water partition coefficient (Wildman–Crippen LogP) is 2.24. The number of nitrogens with one attached hydrogen (secondary N) is 2. The summed E-state index contributed by atoms with van der Waals surface area (Å²) in [5.41, 5.74) is -0.860. The Bertz CT molecular complexity index is 1150. The third-order valence-electron chi connectivity index (χ3n) is 4.47. The Morgan fingerprint density at radius 1 is 0.789 bits per heavy atom. The maximum Gasteiger partial charge on any atom is 0.421 e. The molecule has 0 unspecified atom stereocenters. The fourth-order valence-electron chi connectivity index (χ4n) is 2.66. The molecule has 0 heterocycles. The topological polar surface area (TPSA) is 213 Å². The maximum atomic E-state index is 12.2. The molecule has 0 aliphatic rings. The lowest BCUT2D eigenvalue weighted by Gasteiger charge is -2.11. The molecule has 0 spiro atoms. The SMILES string of the molecule is CN(C)CCCN=C(NC(=O)OC(=O)c1ccc([N+](=O)[O-])cc1)NC(=O)OC(=O)c1ccc([N+](=O)[O-])cc1. The fourth-order valence-corrected chi connectivity index (χ4v) is 2.66. The highest BCUT2D eigenvalue weighted by atomic mass is 16.6. The highest BCUT2D eigenvalue weighted by Gasteiger charge is 2.20. The van der Waals surface area contributed by atoms with Crippen molar-refractivity contribution in [2.75, 3.05) is 27.2 Å². The lowest BCUT2D eigenvalue weighted by Crippen LogP contribution is -2.45. The molecule has 0 aromatic heterocycles. The zero-order chi connectivity index (χ0) is 28.2. The van der Waals surface area contributed by atoms with Crippen LogP contribution in [0.3, 0.4) is 0 Å². The van der Waals surface area contributed by atoms with Crippen LogP contribution in [0.5, 0.6) is 0 Å². The number of alkyl carbamates (subject to hydrolysis) is 2. The highest BCUT2D eigenvalue weighted by molar-refractivity contribution is 6.07. The zero-order valence-electron chi connectivity index (χ0n) is 20.1. The van der Waals surface area contributed by atoms with Crippen LogP contribution in [0.2, 0.25) is 0 Å². The molecule has 0 aliphatic carbocycles. The molecule has 0 saturated heterocycles. The van der Waals surface area contributed by atoms with Crippen molar-refractivity contribution < 1.29 is 38.5 Å². The molecule has 2 amide bonds. The quantitative estimate of drug-likeness (QED) is 0.0960. The molecule has 16 heteroatoms. The van der Waals surface area contributed by atoms with E-state index in [1.54, 1.807) is 0 Å². The van der Waals surface area contributed by atoms with Gasteiger partial charge in [0.15, 0.2) is 0 Å². The van der Waals surface area contributed by atoms with Gasteiger partial charge in [-0.05, 0) is 51.3 Å². The average Bonchev–Trinajstić information content (AvgIpc) is 2.86. The van der Waals surface area contributed by atoms with Crippen LogP contribution < -0.4 is 10.6 Å². The molecule has 2 aromatic rings. The molecule has 200 valence electrons. The molecule has 0 atom stereocenters. The minimum Gasteiger partial charge on any atom is -0.372 e. The molecule has 0 saturated carbocycles. The van der Waals surface area contributed by atoms with Crippen LogP contribution in [-0.2, 0) is 9.47 Å². The van der Waals surface area contributed by atoms with Gasteiger partial charge in [-0.15, -0.1) is 0 Å². The van der Waals surface area contributed by atoms with Crippen LogP contribution in [0.1, 0.15) is 27.1 Å². The number of hydrogen-bond donors (Lipinski definition) is 2. The second kappa shape index (κ2) is 13.7. The van der Waals surface area contributed by atoms with Crippen LogP contribution in [0.15, 0.2) is 53.5 Å². The molecule has 16 nitrogen and oxygen atoms in total. The number of aliphatic imine (C=N–C) groups is 1. The van der Waals surface area contributed by atoms with E-state index in [0.29, 0.717) is 13.0 Å². The second-order valence-electron chi connectivity index (χ2n) is 7.60. The van der Waals surface area contributed by atoms with E-state index in [1.807, 2.05) is 29.6 Å². The molecule has 0 fully saturated rings. The normalized spacial score (nSPS) is 10.2. The number of nitro benzene ring substituents is 2. The molecular formula is C22H22N6O10. The minimum atomic E-state index is -1.35. The van der Waals surface area contributed by atoms with E-state index >= 15 is 0 Å². The summed E-state index contributed by atoms with van der Waals surface area (Å²) >= 11 is 0. The summed E-state index contributed by atoms with van der Waals surface area (Å²) in [7, 11) is 3.65. The van der Waals surface area contributed by atoms with Crippen LogP contribution in [0.4, 0.5) is 21.0 Å². The third kappa shape index (κ3) is 9.42. The standard InChI is InChI=1S/C22H22N6O10/c1-26(2)13-3-12-23-20(24-21(31)37-18(29)14-4-8-16(9-5-14)27(33)34)25-22(32)38-19(30)15-6-10-17(11-7-15)28(35)36/h4-11H,3,12-13H2,1-2H3,(H2,23,24,25,31,32). The Morgan fingerprint density at radius 3 is 1.53 bits per heavy atom. The number of benzene rings is 2. The summed E-state index contributed by atoms with van der Waals surface area (Å²) in [6.07, 6.45) is -2.18. The lowest BCUT2D eigenvalue weighted by molar-refractivity contribution is -0.385. The number of guanidine groups is 1. The second-order valence-corrected chi connectivity index (χ2v) is 7.60. The van der Waals surface area contributed by atoms with Gasteiger partial charge in [-0.1, -0.05) is 0 Å². The summed E-state index contributed by atoms with van der Waals surface area (Å²) in [4.78, 5) is 74.7. The maximum absolute atomic E-state index is 12.2. The number of rotatable bonds is 8. The summed E-state index contributed by atoms with van der Waals surface area (Å²) in [5, 5.41) is 25.5. The first kappa shape index (κ1) is 29.0. The molecule has 2 rings (SSSR count). The Kier molecular flexibility index (Phi) is 10.5. The number of carbonyl (C=O) groups excluding carboxylic acids is 4. The first-order valence-electron chi connectivity index (χ1n) is 10.7. The van der Waals surface area contributed by atoms with Gasteiger partial charge < -0.3 is 14.4 Å². The fraction of sp³-hybridized carbons (Fsp3) is 0.227. The molecule has 0 bridgehead atoms.